The van der Waals surface area contributed by atoms with Gasteiger partial charge < -0.3 is 15.2 Å². The van der Waals surface area contributed by atoms with Gasteiger partial charge in [-0.25, -0.2) is 0 Å². The highest BCUT2D eigenvalue weighted by Gasteiger charge is 2.26. The van der Waals surface area contributed by atoms with Crippen molar-refractivity contribution in [3.05, 3.63) is 58.6 Å². The van der Waals surface area contributed by atoms with Crippen molar-refractivity contribution in [2.45, 2.75) is 51.3 Å². The van der Waals surface area contributed by atoms with Crippen molar-refractivity contribution in [3.8, 4) is 5.75 Å². The number of nitrogens with one attached hydrogen (secondary N) is 1. The van der Waals surface area contributed by atoms with Crippen molar-refractivity contribution < 1.29 is 14.6 Å². The largest absolute Gasteiger partial charge is 0.497 e. The monoisotopic (exact) mass is 416 g/mol. The summed E-state index contributed by atoms with van der Waals surface area (Å²) in [4.78, 5) is 15.0. The van der Waals surface area contributed by atoms with E-state index in [0.717, 1.165) is 48.2 Å². The van der Waals surface area contributed by atoms with Crippen LogP contribution in [-0.4, -0.2) is 41.7 Å². The van der Waals surface area contributed by atoms with Gasteiger partial charge in [0.2, 0.25) is 5.91 Å². The van der Waals surface area contributed by atoms with Crippen LogP contribution in [0.5, 0.6) is 5.75 Å². The Morgan fingerprint density at radius 3 is 2.69 bits per heavy atom. The number of anilines is 1. The Balaban J connectivity index is 1.73. The highest BCUT2D eigenvalue weighted by atomic mass is 35.5. The molecule has 0 spiro atoms. The Morgan fingerprint density at radius 1 is 1.21 bits per heavy atom. The van der Waals surface area contributed by atoms with Crippen molar-refractivity contribution in [1.82, 2.24) is 4.90 Å². The smallest absolute Gasteiger partial charge is 0.238 e. The van der Waals surface area contributed by atoms with E-state index in [-0.39, 0.29) is 24.6 Å². The molecule has 1 amide bonds. The van der Waals surface area contributed by atoms with E-state index in [2.05, 4.69) is 10.2 Å². The maximum absolute atomic E-state index is 12.8. The van der Waals surface area contributed by atoms with Crippen LogP contribution < -0.4 is 10.1 Å². The molecule has 0 saturated heterocycles. The van der Waals surface area contributed by atoms with Crippen LogP contribution in [0.3, 0.4) is 0 Å². The number of ether oxygens (including phenoxy) is 1. The number of halogens is 1. The zero-order valence-electron chi connectivity index (χ0n) is 17.0. The fourth-order valence-corrected chi connectivity index (χ4v) is 4.02. The molecule has 5 nitrogen and oxygen atoms in total. The van der Waals surface area contributed by atoms with E-state index in [1.165, 1.54) is 0 Å². The van der Waals surface area contributed by atoms with E-state index >= 15 is 0 Å². The first-order valence-corrected chi connectivity index (χ1v) is 10.4. The van der Waals surface area contributed by atoms with E-state index in [9.17, 15) is 9.90 Å². The summed E-state index contributed by atoms with van der Waals surface area (Å²) >= 11 is 6.08. The zero-order chi connectivity index (χ0) is 20.8. The number of aliphatic hydroxyl groups is 1. The minimum absolute atomic E-state index is 0.0654. The molecule has 156 valence electrons. The second-order valence-electron chi connectivity index (χ2n) is 7.73. The minimum atomic E-state index is -0.229. The minimum Gasteiger partial charge on any atom is -0.497 e. The Hall–Kier alpha value is -2.08. The lowest BCUT2D eigenvalue weighted by Crippen LogP contribution is -2.43. The van der Waals surface area contributed by atoms with Gasteiger partial charge in [0, 0.05) is 23.3 Å². The van der Waals surface area contributed by atoms with E-state index in [1.807, 2.05) is 43.3 Å². The highest BCUT2D eigenvalue weighted by molar-refractivity contribution is 6.31. The normalized spacial score (nSPS) is 19.2. The average molecular weight is 417 g/mol. The van der Waals surface area contributed by atoms with Crippen LogP contribution in [0.1, 0.15) is 36.8 Å². The first-order chi connectivity index (χ1) is 13.9. The quantitative estimate of drug-likeness (QED) is 0.702. The molecule has 0 unspecified atom stereocenters. The van der Waals surface area contributed by atoms with Crippen LogP contribution in [0, 0.1) is 6.92 Å². The number of methoxy groups -OCH3 is 1. The van der Waals surface area contributed by atoms with Crippen molar-refractivity contribution in [1.29, 1.82) is 0 Å². The number of aryl methyl sites for hydroxylation is 1. The summed E-state index contributed by atoms with van der Waals surface area (Å²) < 4.78 is 5.34. The lowest BCUT2D eigenvalue weighted by atomic mass is 9.91. The van der Waals surface area contributed by atoms with Gasteiger partial charge in [-0.15, -0.1) is 0 Å². The first-order valence-electron chi connectivity index (χ1n) is 10.1. The molecule has 2 aromatic carbocycles. The lowest BCUT2D eigenvalue weighted by molar-refractivity contribution is -0.118. The summed E-state index contributed by atoms with van der Waals surface area (Å²) in [6.45, 7) is 2.88. The summed E-state index contributed by atoms with van der Waals surface area (Å²) in [6, 6.07) is 13.7. The van der Waals surface area contributed by atoms with Crippen LogP contribution in [-0.2, 0) is 11.3 Å². The molecule has 0 aliphatic heterocycles. The highest BCUT2D eigenvalue weighted by Crippen LogP contribution is 2.26. The van der Waals surface area contributed by atoms with Gasteiger partial charge in [-0.3, -0.25) is 9.69 Å². The molecule has 0 atom stereocenters. The van der Waals surface area contributed by atoms with Crippen molar-refractivity contribution >= 4 is 23.2 Å². The Kier molecular flexibility index (Phi) is 7.53. The maximum atomic E-state index is 12.8. The molecular weight excluding hydrogens is 388 g/mol. The molecule has 0 heterocycles. The van der Waals surface area contributed by atoms with E-state index in [0.29, 0.717) is 11.6 Å². The van der Waals surface area contributed by atoms with Gasteiger partial charge in [0.1, 0.15) is 5.75 Å². The number of hydrogen-bond donors (Lipinski definition) is 2. The molecule has 1 aliphatic carbocycles. The fraction of sp³-hybridized carbons (Fsp3) is 0.435. The van der Waals surface area contributed by atoms with Crippen LogP contribution in [0.4, 0.5) is 5.69 Å². The SMILES string of the molecule is COc1cccc(CN(CC(=O)Nc2cc(Cl)ccc2C)C2CCC(O)CC2)c1. The Bertz CT molecular complexity index is 835. The van der Waals surface area contributed by atoms with Gasteiger partial charge in [-0.1, -0.05) is 29.8 Å². The predicted octanol–water partition coefficient (Wildman–Crippen LogP) is 4.40. The molecular formula is C23H29ClN2O3. The van der Waals surface area contributed by atoms with Gasteiger partial charge in [0.15, 0.2) is 0 Å². The molecule has 0 aromatic heterocycles. The van der Waals surface area contributed by atoms with Crippen LogP contribution in [0.25, 0.3) is 0 Å². The number of benzene rings is 2. The Labute approximate surface area is 177 Å². The van der Waals surface area contributed by atoms with Crippen LogP contribution in [0.15, 0.2) is 42.5 Å². The molecule has 3 rings (SSSR count). The number of rotatable bonds is 7. The van der Waals surface area contributed by atoms with Gasteiger partial charge >= 0.3 is 0 Å². The summed E-state index contributed by atoms with van der Waals surface area (Å²) in [6.07, 6.45) is 3.08. The van der Waals surface area contributed by atoms with Gasteiger partial charge in [0.25, 0.3) is 0 Å². The average Bonchev–Trinajstić information content (AvgIpc) is 2.71. The van der Waals surface area contributed by atoms with Gasteiger partial charge in [-0.2, -0.15) is 0 Å². The molecule has 2 N–H and O–H groups in total. The maximum Gasteiger partial charge on any atom is 0.238 e. The molecule has 1 saturated carbocycles. The van der Waals surface area contributed by atoms with Crippen LogP contribution >= 0.6 is 11.6 Å². The number of hydrogen-bond acceptors (Lipinski definition) is 4. The molecule has 0 bridgehead atoms. The second-order valence-corrected chi connectivity index (χ2v) is 8.16. The van der Waals surface area contributed by atoms with Crippen molar-refractivity contribution in [2.24, 2.45) is 0 Å². The third-order valence-corrected chi connectivity index (χ3v) is 5.76. The predicted molar refractivity (Wildman–Crippen MR) is 116 cm³/mol. The number of carbonyl (C=O) groups excluding carboxylic acids is 1. The summed E-state index contributed by atoms with van der Waals surface area (Å²) in [5.41, 5.74) is 2.81. The van der Waals surface area contributed by atoms with Crippen molar-refractivity contribution in [3.63, 3.8) is 0 Å². The van der Waals surface area contributed by atoms with Crippen LogP contribution in [0.2, 0.25) is 5.02 Å². The second kappa shape index (κ2) is 10.1. The third kappa shape index (κ3) is 6.20. The molecule has 1 aliphatic rings. The summed E-state index contributed by atoms with van der Waals surface area (Å²) in [7, 11) is 1.65. The first kappa shape index (κ1) is 21.6. The Morgan fingerprint density at radius 2 is 1.97 bits per heavy atom. The summed E-state index contributed by atoms with van der Waals surface area (Å²) in [5.74, 6) is 0.741. The number of carbonyl (C=O) groups is 1. The van der Waals surface area contributed by atoms with Crippen molar-refractivity contribution in [2.75, 3.05) is 19.0 Å². The van der Waals surface area contributed by atoms with Gasteiger partial charge in [0.05, 0.1) is 19.8 Å². The number of amides is 1. The third-order valence-electron chi connectivity index (χ3n) is 5.52. The fourth-order valence-electron chi connectivity index (χ4n) is 3.85. The topological polar surface area (TPSA) is 61.8 Å². The number of nitrogens with zero attached hydrogens (tertiary/aromatic N) is 1. The van der Waals surface area contributed by atoms with E-state index in [1.54, 1.807) is 13.2 Å². The van der Waals surface area contributed by atoms with Gasteiger partial charge in [-0.05, 0) is 68.0 Å². The molecule has 1 fully saturated rings. The molecule has 0 radical (unpaired) electrons. The molecule has 6 heteroatoms. The molecule has 29 heavy (non-hydrogen) atoms. The zero-order valence-corrected chi connectivity index (χ0v) is 17.8. The molecule has 2 aromatic rings. The number of aliphatic hydroxyl groups excluding tert-OH is 1. The summed E-state index contributed by atoms with van der Waals surface area (Å²) in [5, 5.41) is 13.5. The van der Waals surface area contributed by atoms with E-state index < -0.39 is 0 Å². The van der Waals surface area contributed by atoms with E-state index in [4.69, 9.17) is 16.3 Å². The lowest BCUT2D eigenvalue weighted by Gasteiger charge is -2.35. The standard InChI is InChI=1S/C23H29ClN2O3/c1-16-6-7-18(24)13-22(16)25-23(28)15-26(19-8-10-20(27)11-9-19)14-17-4-3-5-21(12-17)29-2/h3-7,12-13,19-20,27H,8-11,14-15H2,1-2H3,(H,25,28).